The first-order chi connectivity index (χ1) is 21.7. The van der Waals surface area contributed by atoms with Crippen LogP contribution in [0.4, 0.5) is 5.69 Å². The van der Waals surface area contributed by atoms with E-state index in [1.807, 2.05) is 6.07 Å². The van der Waals surface area contributed by atoms with Crippen molar-refractivity contribution in [2.24, 2.45) is 10.7 Å². The van der Waals surface area contributed by atoms with Crippen LogP contribution >= 0.6 is 36.4 Å². The van der Waals surface area contributed by atoms with E-state index in [1.165, 1.54) is 31.5 Å². The maximum Gasteiger partial charge on any atom is 0.323 e. The number of carbonyl (C=O) groups is 1. The molecule has 3 N–H and O–H groups in total. The largest absolute Gasteiger partial charge is 0.489 e. The molecule has 1 saturated heterocycles. The third kappa shape index (κ3) is 12.2. The second kappa shape index (κ2) is 19.7. The molecular formula is C33H46Cl3N5O5S. The van der Waals surface area contributed by atoms with Crippen molar-refractivity contribution in [1.82, 2.24) is 4.90 Å². The van der Waals surface area contributed by atoms with E-state index in [1.54, 1.807) is 55.5 Å². The number of hydrogen-bond acceptors (Lipinski definition) is 8. The van der Waals surface area contributed by atoms with Crippen molar-refractivity contribution in [3.63, 3.8) is 0 Å². The molecule has 2 aliphatic heterocycles. The van der Waals surface area contributed by atoms with Crippen LogP contribution in [0.2, 0.25) is 5.02 Å². The summed E-state index contributed by atoms with van der Waals surface area (Å²) in [6, 6.07) is 11.9. The molecule has 1 fully saturated rings. The van der Waals surface area contributed by atoms with Gasteiger partial charge >= 0.3 is 5.97 Å². The monoisotopic (exact) mass is 729 g/mol. The van der Waals surface area contributed by atoms with Crippen LogP contribution in [0, 0.1) is 5.41 Å². The molecule has 0 aromatic heterocycles. The second-order valence-electron chi connectivity index (χ2n) is 11.3. The summed E-state index contributed by atoms with van der Waals surface area (Å²) in [6.07, 6.45) is 12.3. The highest BCUT2D eigenvalue weighted by Gasteiger charge is 2.28. The normalized spacial score (nSPS) is 16.0. The van der Waals surface area contributed by atoms with Gasteiger partial charge in [-0.3, -0.25) is 19.5 Å². The van der Waals surface area contributed by atoms with E-state index in [9.17, 15) is 13.2 Å². The Morgan fingerprint density at radius 1 is 1.11 bits per heavy atom. The van der Waals surface area contributed by atoms with E-state index >= 15 is 0 Å². The zero-order valence-corrected chi connectivity index (χ0v) is 29.9. The number of ether oxygens (including phenoxy) is 2. The molecule has 2 aromatic rings. The van der Waals surface area contributed by atoms with Crippen molar-refractivity contribution < 1.29 is 22.7 Å². The maximum absolute atomic E-state index is 13.4. The van der Waals surface area contributed by atoms with E-state index in [2.05, 4.69) is 4.90 Å². The van der Waals surface area contributed by atoms with Crippen LogP contribution in [0.1, 0.15) is 69.4 Å². The van der Waals surface area contributed by atoms with Gasteiger partial charge < -0.3 is 20.1 Å². The van der Waals surface area contributed by atoms with Crippen molar-refractivity contribution in [2.45, 2.75) is 64.4 Å². The van der Waals surface area contributed by atoms with Gasteiger partial charge in [-0.25, -0.2) is 8.42 Å². The number of benzene rings is 2. The fraction of sp³-hybridized carbons (Fsp3) is 0.485. The number of carbonyl (C=O) groups excluding carboxylic acids is 1. The molecule has 0 unspecified atom stereocenters. The Bertz CT molecular complexity index is 1500. The standard InChI is InChI=1S/C33H44ClN5O5S.2ClH/c1-2-43-32(40)24-45(41,42)39(19-9-11-25-10-8-12-26(22-25)33(35)36)27-14-15-30(29(34)23-27)44-28-16-20-38(21-17-28)31-13-6-4-3-5-7-18-37-31;;/h8-12,14-15,22-23,28H,2-7,13,16-21,24H2,1H3,(H3,35,36);2*1H/b11-9+,37-31?;;. The van der Waals surface area contributed by atoms with Crippen molar-refractivity contribution in [3.8, 4) is 5.75 Å². The van der Waals surface area contributed by atoms with Crippen LogP contribution < -0.4 is 14.8 Å². The zero-order valence-electron chi connectivity index (χ0n) is 26.7. The number of amidine groups is 2. The Morgan fingerprint density at radius 2 is 1.83 bits per heavy atom. The molecule has 2 heterocycles. The van der Waals surface area contributed by atoms with Crippen LogP contribution in [-0.4, -0.2) is 75.6 Å². The lowest BCUT2D eigenvalue weighted by Crippen LogP contribution is -2.42. The number of nitrogens with two attached hydrogens (primary N) is 1. The average Bonchev–Trinajstić information content (AvgIpc) is 3.15. The fourth-order valence-electron chi connectivity index (χ4n) is 5.53. The highest BCUT2D eigenvalue weighted by molar-refractivity contribution is 7.93. The number of aliphatic imine (C=N–C) groups is 1. The van der Waals surface area contributed by atoms with Crippen molar-refractivity contribution >= 4 is 75.8 Å². The highest BCUT2D eigenvalue weighted by Crippen LogP contribution is 2.33. The summed E-state index contributed by atoms with van der Waals surface area (Å²) in [4.78, 5) is 19.5. The predicted molar refractivity (Wildman–Crippen MR) is 195 cm³/mol. The first kappa shape index (κ1) is 40.2. The first-order valence-corrected chi connectivity index (χ1v) is 17.7. The summed E-state index contributed by atoms with van der Waals surface area (Å²) in [6.45, 7) is 4.29. The Hall–Kier alpha value is -2.99. The molecule has 0 spiro atoms. The van der Waals surface area contributed by atoms with Gasteiger partial charge in [-0.1, -0.05) is 61.2 Å². The minimum Gasteiger partial charge on any atom is -0.489 e. The molecule has 10 nitrogen and oxygen atoms in total. The Labute approximate surface area is 296 Å². The molecule has 0 amide bonds. The van der Waals surface area contributed by atoms with E-state index in [4.69, 9.17) is 37.2 Å². The highest BCUT2D eigenvalue weighted by atomic mass is 35.5. The quantitative estimate of drug-likeness (QED) is 0.153. The molecule has 14 heteroatoms. The zero-order chi connectivity index (χ0) is 32.2. The lowest BCUT2D eigenvalue weighted by molar-refractivity contribution is -0.139. The number of esters is 1. The number of halogens is 3. The number of nitrogens with one attached hydrogen (secondary N) is 1. The summed E-state index contributed by atoms with van der Waals surface area (Å²) < 4.78 is 39.1. The number of nitrogens with zero attached hydrogens (tertiary/aromatic N) is 3. The van der Waals surface area contributed by atoms with Crippen molar-refractivity contribution in [3.05, 3.63) is 64.7 Å². The van der Waals surface area contributed by atoms with Gasteiger partial charge in [0.1, 0.15) is 17.7 Å². The smallest absolute Gasteiger partial charge is 0.323 e. The minimum atomic E-state index is -4.12. The molecule has 260 valence electrons. The number of piperidine rings is 1. The van der Waals surface area contributed by atoms with E-state index in [0.717, 1.165) is 55.2 Å². The SMILES string of the molecule is CCOC(=O)CS(=O)(=O)N(C/C=C/c1cccc(C(=N)N)c1)c1ccc(OC2CCN(C3=NCCCCCCC3)CC2)c(Cl)c1.Cl.Cl. The number of nitrogen functional groups attached to an aromatic ring is 1. The lowest BCUT2D eigenvalue weighted by Gasteiger charge is -2.34. The van der Waals surface area contributed by atoms with Gasteiger partial charge in [-0.2, -0.15) is 0 Å². The van der Waals surface area contributed by atoms with Crippen LogP contribution in [-0.2, 0) is 19.6 Å². The van der Waals surface area contributed by atoms with E-state index in [-0.39, 0.29) is 54.9 Å². The molecule has 2 aliphatic rings. The second-order valence-corrected chi connectivity index (χ2v) is 13.6. The number of sulfonamides is 1. The number of hydrogen-bond donors (Lipinski definition) is 2. The molecule has 0 saturated carbocycles. The topological polar surface area (TPSA) is 138 Å². The van der Waals surface area contributed by atoms with Crippen molar-refractivity contribution in [1.29, 1.82) is 5.41 Å². The summed E-state index contributed by atoms with van der Waals surface area (Å²) >= 11 is 6.66. The van der Waals surface area contributed by atoms with Crippen LogP contribution in [0.25, 0.3) is 6.08 Å². The van der Waals surface area contributed by atoms with Gasteiger partial charge in [-0.15, -0.1) is 24.8 Å². The van der Waals surface area contributed by atoms with Gasteiger partial charge in [0.2, 0.25) is 10.0 Å². The van der Waals surface area contributed by atoms with Gasteiger partial charge in [0.15, 0.2) is 5.75 Å². The molecule has 0 atom stereocenters. The van der Waals surface area contributed by atoms with Gasteiger partial charge in [0.25, 0.3) is 0 Å². The summed E-state index contributed by atoms with van der Waals surface area (Å²) in [7, 11) is -4.12. The molecule has 0 bridgehead atoms. The molecule has 47 heavy (non-hydrogen) atoms. The third-order valence-electron chi connectivity index (χ3n) is 7.88. The van der Waals surface area contributed by atoms with Gasteiger partial charge in [0.05, 0.1) is 29.7 Å². The van der Waals surface area contributed by atoms with Crippen LogP contribution in [0.15, 0.2) is 53.5 Å². The molecule has 4 rings (SSSR count). The van der Waals surface area contributed by atoms with E-state index in [0.29, 0.717) is 17.0 Å². The number of rotatable bonds is 11. The predicted octanol–water partition coefficient (Wildman–Crippen LogP) is 6.48. The van der Waals surface area contributed by atoms with Crippen LogP contribution in [0.5, 0.6) is 5.75 Å². The maximum atomic E-state index is 13.4. The minimum absolute atomic E-state index is 0. The summed E-state index contributed by atoms with van der Waals surface area (Å²) in [5.41, 5.74) is 7.20. The first-order valence-electron chi connectivity index (χ1n) is 15.7. The van der Waals surface area contributed by atoms with Gasteiger partial charge in [0, 0.05) is 44.5 Å². The lowest BCUT2D eigenvalue weighted by atomic mass is 10.1. The Morgan fingerprint density at radius 3 is 2.53 bits per heavy atom. The Balaban J connectivity index is 0.00000384. The number of likely N-dealkylation sites (tertiary alicyclic amines) is 1. The third-order valence-corrected chi connectivity index (χ3v) is 9.80. The molecular weight excluding hydrogens is 685 g/mol. The molecule has 0 aliphatic carbocycles. The fourth-order valence-corrected chi connectivity index (χ4v) is 7.03. The summed E-state index contributed by atoms with van der Waals surface area (Å²) in [5, 5.41) is 7.94. The molecule has 2 aromatic carbocycles. The summed E-state index contributed by atoms with van der Waals surface area (Å²) in [5.74, 6) is -0.000563. The molecule has 0 radical (unpaired) electrons. The Kier molecular flexibility index (Phi) is 16.9. The number of anilines is 1. The van der Waals surface area contributed by atoms with Crippen LogP contribution in [0.3, 0.4) is 0 Å². The van der Waals surface area contributed by atoms with Crippen molar-refractivity contribution in [2.75, 3.05) is 42.8 Å². The van der Waals surface area contributed by atoms with E-state index < -0.39 is 21.7 Å². The average molecular weight is 731 g/mol. The van der Waals surface area contributed by atoms with Gasteiger partial charge in [-0.05, 0) is 49.6 Å².